The minimum atomic E-state index is -0.496. The van der Waals surface area contributed by atoms with E-state index in [0.29, 0.717) is 13.2 Å². The van der Waals surface area contributed by atoms with Crippen LogP contribution in [0.25, 0.3) is 0 Å². The van der Waals surface area contributed by atoms with Crippen LogP contribution in [0.5, 0.6) is 0 Å². The van der Waals surface area contributed by atoms with Crippen molar-refractivity contribution in [3.8, 4) is 0 Å². The number of hydrogen-bond acceptors (Lipinski definition) is 5. The molecule has 0 radical (unpaired) electrons. The molecule has 0 spiro atoms. The Kier molecular flexibility index (Phi) is 12.2. The molecule has 0 N–H and O–H groups in total. The summed E-state index contributed by atoms with van der Waals surface area (Å²) >= 11 is 0. The Labute approximate surface area is 169 Å². The SMILES string of the molecule is CCCCCCCCOC(=O)c1ccccc1C(=O)OC(C)C(C)CCOC. The van der Waals surface area contributed by atoms with Gasteiger partial charge in [0.05, 0.1) is 17.7 Å². The molecule has 1 aromatic carbocycles. The van der Waals surface area contributed by atoms with Gasteiger partial charge in [0.1, 0.15) is 6.10 Å². The molecule has 0 bridgehead atoms. The van der Waals surface area contributed by atoms with Crippen LogP contribution >= 0.6 is 0 Å². The Balaban J connectivity index is 2.56. The van der Waals surface area contributed by atoms with E-state index in [9.17, 15) is 9.59 Å². The molecule has 0 heterocycles. The zero-order valence-corrected chi connectivity index (χ0v) is 17.9. The van der Waals surface area contributed by atoms with E-state index in [1.165, 1.54) is 19.3 Å². The molecule has 28 heavy (non-hydrogen) atoms. The number of carbonyl (C=O) groups excluding carboxylic acids is 2. The van der Waals surface area contributed by atoms with Crippen LogP contribution in [0.1, 0.15) is 86.4 Å². The van der Waals surface area contributed by atoms with Gasteiger partial charge in [0.25, 0.3) is 0 Å². The second-order valence-corrected chi connectivity index (χ2v) is 7.32. The minimum Gasteiger partial charge on any atom is -0.462 e. The summed E-state index contributed by atoms with van der Waals surface area (Å²) in [4.78, 5) is 25.0. The van der Waals surface area contributed by atoms with Crippen molar-refractivity contribution in [3.05, 3.63) is 35.4 Å². The van der Waals surface area contributed by atoms with Crippen molar-refractivity contribution in [1.29, 1.82) is 0 Å². The van der Waals surface area contributed by atoms with Crippen LogP contribution < -0.4 is 0 Å². The van der Waals surface area contributed by atoms with E-state index in [-0.39, 0.29) is 23.1 Å². The lowest BCUT2D eigenvalue weighted by molar-refractivity contribution is 0.0168. The normalized spacial score (nSPS) is 13.0. The molecular weight excluding hydrogens is 356 g/mol. The first-order chi connectivity index (χ1) is 13.5. The van der Waals surface area contributed by atoms with Crippen LogP contribution in [0.3, 0.4) is 0 Å². The van der Waals surface area contributed by atoms with E-state index >= 15 is 0 Å². The fourth-order valence-corrected chi connectivity index (χ4v) is 2.85. The molecule has 0 saturated heterocycles. The molecule has 158 valence electrons. The molecule has 5 nitrogen and oxygen atoms in total. The van der Waals surface area contributed by atoms with Crippen molar-refractivity contribution in [1.82, 2.24) is 0 Å². The third-order valence-corrected chi connectivity index (χ3v) is 4.97. The summed E-state index contributed by atoms with van der Waals surface area (Å²) in [5.74, 6) is -0.805. The first-order valence-corrected chi connectivity index (χ1v) is 10.5. The van der Waals surface area contributed by atoms with E-state index in [0.717, 1.165) is 25.7 Å². The summed E-state index contributed by atoms with van der Waals surface area (Å²) in [6, 6.07) is 6.66. The minimum absolute atomic E-state index is 0.163. The van der Waals surface area contributed by atoms with E-state index < -0.39 is 11.9 Å². The Hall–Kier alpha value is -1.88. The fraction of sp³-hybridized carbons (Fsp3) is 0.652. The highest BCUT2D eigenvalue weighted by atomic mass is 16.5. The molecule has 0 aromatic heterocycles. The van der Waals surface area contributed by atoms with E-state index in [1.54, 1.807) is 31.4 Å². The van der Waals surface area contributed by atoms with Gasteiger partial charge in [-0.15, -0.1) is 0 Å². The molecule has 0 aliphatic rings. The van der Waals surface area contributed by atoms with Gasteiger partial charge in [0.15, 0.2) is 0 Å². The Morgan fingerprint density at radius 3 is 2.14 bits per heavy atom. The predicted molar refractivity (Wildman–Crippen MR) is 111 cm³/mol. The zero-order valence-electron chi connectivity index (χ0n) is 17.9. The summed E-state index contributed by atoms with van der Waals surface area (Å²) in [5.41, 5.74) is 0.511. The van der Waals surface area contributed by atoms with Gasteiger partial charge in [-0.2, -0.15) is 0 Å². The molecule has 0 aliphatic heterocycles. The molecule has 0 saturated carbocycles. The second kappa shape index (κ2) is 14.2. The van der Waals surface area contributed by atoms with Crippen molar-refractivity contribution in [3.63, 3.8) is 0 Å². The third kappa shape index (κ3) is 8.87. The molecular formula is C23H36O5. The monoisotopic (exact) mass is 392 g/mol. The van der Waals surface area contributed by atoms with Crippen LogP contribution in [0.15, 0.2) is 24.3 Å². The average Bonchev–Trinajstić information content (AvgIpc) is 2.70. The van der Waals surface area contributed by atoms with Crippen molar-refractivity contribution in [2.45, 2.75) is 71.8 Å². The van der Waals surface area contributed by atoms with Gasteiger partial charge in [0, 0.05) is 13.7 Å². The molecule has 5 heteroatoms. The lowest BCUT2D eigenvalue weighted by Gasteiger charge is -2.20. The van der Waals surface area contributed by atoms with Gasteiger partial charge in [-0.1, -0.05) is 58.1 Å². The Morgan fingerprint density at radius 2 is 1.50 bits per heavy atom. The maximum atomic E-state index is 12.6. The second-order valence-electron chi connectivity index (χ2n) is 7.32. The molecule has 2 atom stereocenters. The maximum Gasteiger partial charge on any atom is 0.339 e. The van der Waals surface area contributed by atoms with Gasteiger partial charge in [-0.25, -0.2) is 9.59 Å². The van der Waals surface area contributed by atoms with Crippen LogP contribution in [-0.4, -0.2) is 38.4 Å². The summed E-state index contributed by atoms with van der Waals surface area (Å²) < 4.78 is 16.0. The number of benzene rings is 1. The summed E-state index contributed by atoms with van der Waals surface area (Å²) in [5, 5.41) is 0. The van der Waals surface area contributed by atoms with Crippen molar-refractivity contribution in [2.75, 3.05) is 20.3 Å². The average molecular weight is 393 g/mol. The number of hydrogen-bond donors (Lipinski definition) is 0. The van der Waals surface area contributed by atoms with Crippen molar-refractivity contribution in [2.24, 2.45) is 5.92 Å². The zero-order chi connectivity index (χ0) is 20.8. The largest absolute Gasteiger partial charge is 0.462 e. The quantitative estimate of drug-likeness (QED) is 0.312. The Morgan fingerprint density at radius 1 is 0.893 bits per heavy atom. The number of unbranched alkanes of at least 4 members (excludes halogenated alkanes) is 5. The molecule has 0 aliphatic carbocycles. The first kappa shape index (κ1) is 24.2. The van der Waals surface area contributed by atoms with Gasteiger partial charge >= 0.3 is 11.9 Å². The van der Waals surface area contributed by atoms with E-state index in [2.05, 4.69) is 6.92 Å². The lowest BCUT2D eigenvalue weighted by atomic mass is 10.0. The van der Waals surface area contributed by atoms with Gasteiger partial charge in [-0.3, -0.25) is 0 Å². The van der Waals surface area contributed by atoms with Gasteiger partial charge < -0.3 is 14.2 Å². The fourth-order valence-electron chi connectivity index (χ4n) is 2.85. The van der Waals surface area contributed by atoms with Crippen LogP contribution in [0, 0.1) is 5.92 Å². The van der Waals surface area contributed by atoms with Gasteiger partial charge in [0.2, 0.25) is 0 Å². The number of rotatable bonds is 14. The van der Waals surface area contributed by atoms with E-state index in [1.807, 2.05) is 13.8 Å². The number of ether oxygens (including phenoxy) is 3. The standard InChI is InChI=1S/C23H36O5/c1-5-6-7-8-9-12-16-27-22(24)20-13-10-11-14-21(20)23(25)28-19(3)18(2)15-17-26-4/h10-11,13-14,18-19H,5-9,12,15-17H2,1-4H3. The molecule has 0 amide bonds. The number of carbonyl (C=O) groups is 2. The highest BCUT2D eigenvalue weighted by Crippen LogP contribution is 2.17. The molecule has 0 fully saturated rings. The van der Waals surface area contributed by atoms with Crippen LogP contribution in [0.2, 0.25) is 0 Å². The van der Waals surface area contributed by atoms with Crippen molar-refractivity contribution < 1.29 is 23.8 Å². The topological polar surface area (TPSA) is 61.8 Å². The summed E-state index contributed by atoms with van der Waals surface area (Å²) in [6.45, 7) is 7.05. The van der Waals surface area contributed by atoms with Gasteiger partial charge in [-0.05, 0) is 37.8 Å². The number of methoxy groups -OCH3 is 1. The van der Waals surface area contributed by atoms with E-state index in [4.69, 9.17) is 14.2 Å². The maximum absolute atomic E-state index is 12.6. The Bertz CT molecular complexity index is 584. The third-order valence-electron chi connectivity index (χ3n) is 4.97. The number of esters is 2. The summed E-state index contributed by atoms with van der Waals surface area (Å²) in [6.07, 6.45) is 7.27. The highest BCUT2D eigenvalue weighted by molar-refractivity contribution is 6.03. The predicted octanol–water partition coefficient (Wildman–Crippen LogP) is 5.42. The lowest BCUT2D eigenvalue weighted by Crippen LogP contribution is -2.24. The summed E-state index contributed by atoms with van der Waals surface area (Å²) in [7, 11) is 1.65. The van der Waals surface area contributed by atoms with Crippen LogP contribution in [-0.2, 0) is 14.2 Å². The van der Waals surface area contributed by atoms with Crippen LogP contribution in [0.4, 0.5) is 0 Å². The molecule has 1 aromatic rings. The smallest absolute Gasteiger partial charge is 0.339 e. The molecule has 1 rings (SSSR count). The highest BCUT2D eigenvalue weighted by Gasteiger charge is 2.22. The van der Waals surface area contributed by atoms with Crippen molar-refractivity contribution >= 4 is 11.9 Å². The first-order valence-electron chi connectivity index (χ1n) is 10.5. The molecule has 2 unspecified atom stereocenters.